The first-order valence-corrected chi connectivity index (χ1v) is 9.80. The summed E-state index contributed by atoms with van der Waals surface area (Å²) < 4.78 is 49.5. The van der Waals surface area contributed by atoms with Gasteiger partial charge in [-0.05, 0) is 30.7 Å². The van der Waals surface area contributed by atoms with Gasteiger partial charge in [-0.3, -0.25) is 9.59 Å². The molecule has 0 bridgehead atoms. The molecule has 3 rings (SSSR count). The fourth-order valence-corrected chi connectivity index (χ4v) is 4.31. The average molecular weight is 395 g/mol. The van der Waals surface area contributed by atoms with Crippen LogP contribution in [0.25, 0.3) is 0 Å². The van der Waals surface area contributed by atoms with Crippen LogP contribution in [-0.4, -0.2) is 42.8 Å². The van der Waals surface area contributed by atoms with Crippen LogP contribution in [-0.2, 0) is 9.84 Å². The summed E-state index contributed by atoms with van der Waals surface area (Å²) in [7, 11) is -3.15. The lowest BCUT2D eigenvalue weighted by molar-refractivity contribution is 0.0936. The van der Waals surface area contributed by atoms with Gasteiger partial charge in [-0.1, -0.05) is 6.07 Å². The average Bonchev–Trinajstić information content (AvgIpc) is 2.96. The summed E-state index contributed by atoms with van der Waals surface area (Å²) in [5, 5.41) is 4.82. The molecule has 27 heavy (non-hydrogen) atoms. The first-order chi connectivity index (χ1) is 12.7. The number of halogens is 2. The van der Waals surface area contributed by atoms with Crippen molar-refractivity contribution in [2.24, 2.45) is 0 Å². The molecule has 1 fully saturated rings. The molecule has 0 spiro atoms. The predicted molar refractivity (Wildman–Crippen MR) is 93.1 cm³/mol. The van der Waals surface area contributed by atoms with Crippen molar-refractivity contribution in [2.75, 3.05) is 16.8 Å². The van der Waals surface area contributed by atoms with E-state index in [-0.39, 0.29) is 28.6 Å². The SMILES string of the molecule is O=C(Nc1ccc(F)cc1F)c1cccc(C(=O)NC2CCS(=O)(=O)C2)n1. The second kappa shape index (κ2) is 7.39. The van der Waals surface area contributed by atoms with E-state index >= 15 is 0 Å². The van der Waals surface area contributed by atoms with Crippen LogP contribution >= 0.6 is 0 Å². The van der Waals surface area contributed by atoms with E-state index < -0.39 is 39.3 Å². The van der Waals surface area contributed by atoms with E-state index in [1.165, 1.54) is 18.2 Å². The molecule has 2 amide bonds. The van der Waals surface area contributed by atoms with Crippen molar-refractivity contribution in [3.05, 3.63) is 59.4 Å². The number of nitrogens with zero attached hydrogens (tertiary/aromatic N) is 1. The fraction of sp³-hybridized carbons (Fsp3) is 0.235. The van der Waals surface area contributed by atoms with E-state index in [0.717, 1.165) is 12.1 Å². The first kappa shape index (κ1) is 18.9. The number of hydrogen-bond donors (Lipinski definition) is 2. The molecule has 1 unspecified atom stereocenters. The largest absolute Gasteiger partial charge is 0.347 e. The highest BCUT2D eigenvalue weighted by Gasteiger charge is 2.29. The minimum Gasteiger partial charge on any atom is -0.347 e. The highest BCUT2D eigenvalue weighted by molar-refractivity contribution is 7.91. The number of carbonyl (C=O) groups excluding carboxylic acids is 2. The van der Waals surface area contributed by atoms with Crippen molar-refractivity contribution in [1.29, 1.82) is 0 Å². The van der Waals surface area contributed by atoms with Crippen molar-refractivity contribution < 1.29 is 26.8 Å². The Morgan fingerprint density at radius 2 is 1.78 bits per heavy atom. The number of amides is 2. The molecule has 0 radical (unpaired) electrons. The second-order valence-electron chi connectivity index (χ2n) is 6.06. The number of sulfone groups is 1. The molecular weight excluding hydrogens is 380 g/mol. The Bertz CT molecular complexity index is 1010. The van der Waals surface area contributed by atoms with Gasteiger partial charge in [0.15, 0.2) is 9.84 Å². The molecule has 2 heterocycles. The third-order valence-corrected chi connectivity index (χ3v) is 5.73. The molecule has 142 valence electrons. The Morgan fingerprint density at radius 3 is 2.41 bits per heavy atom. The zero-order valence-corrected chi connectivity index (χ0v) is 14.7. The van der Waals surface area contributed by atoms with Crippen molar-refractivity contribution in [2.45, 2.75) is 12.5 Å². The van der Waals surface area contributed by atoms with Crippen LogP contribution in [0.1, 0.15) is 27.4 Å². The van der Waals surface area contributed by atoms with Crippen LogP contribution < -0.4 is 10.6 Å². The van der Waals surface area contributed by atoms with Crippen LogP contribution in [0.4, 0.5) is 14.5 Å². The van der Waals surface area contributed by atoms with Crippen LogP contribution in [0.15, 0.2) is 36.4 Å². The van der Waals surface area contributed by atoms with Gasteiger partial charge in [0.25, 0.3) is 11.8 Å². The Morgan fingerprint density at radius 1 is 1.07 bits per heavy atom. The maximum absolute atomic E-state index is 13.6. The molecule has 2 N–H and O–H groups in total. The number of hydrogen-bond acceptors (Lipinski definition) is 5. The summed E-state index contributed by atoms with van der Waals surface area (Å²) in [6.45, 7) is 0. The lowest BCUT2D eigenvalue weighted by atomic mass is 10.2. The number of pyridine rings is 1. The minimum atomic E-state index is -3.15. The van der Waals surface area contributed by atoms with Gasteiger partial charge in [-0.2, -0.15) is 0 Å². The monoisotopic (exact) mass is 395 g/mol. The molecule has 7 nitrogen and oxygen atoms in total. The number of carbonyl (C=O) groups is 2. The van der Waals surface area contributed by atoms with Crippen molar-refractivity contribution in [3.63, 3.8) is 0 Å². The molecule has 1 aliphatic heterocycles. The van der Waals surface area contributed by atoms with Gasteiger partial charge < -0.3 is 10.6 Å². The Kier molecular flexibility index (Phi) is 5.17. The third-order valence-electron chi connectivity index (χ3n) is 3.96. The number of aromatic nitrogens is 1. The van der Waals surface area contributed by atoms with Gasteiger partial charge in [0.2, 0.25) is 0 Å². The van der Waals surface area contributed by atoms with Gasteiger partial charge in [-0.25, -0.2) is 22.2 Å². The Hall–Kier alpha value is -2.88. The Labute approximate surface area is 153 Å². The third kappa shape index (κ3) is 4.64. The number of rotatable bonds is 4. The highest BCUT2D eigenvalue weighted by Crippen LogP contribution is 2.16. The van der Waals surface area contributed by atoms with E-state index in [4.69, 9.17) is 0 Å². The van der Waals surface area contributed by atoms with Gasteiger partial charge >= 0.3 is 0 Å². The molecular formula is C17H15F2N3O4S. The second-order valence-corrected chi connectivity index (χ2v) is 8.29. The van der Waals surface area contributed by atoms with Gasteiger partial charge in [-0.15, -0.1) is 0 Å². The highest BCUT2D eigenvalue weighted by atomic mass is 32.2. The van der Waals surface area contributed by atoms with Crippen LogP contribution in [0.5, 0.6) is 0 Å². The smallest absolute Gasteiger partial charge is 0.274 e. The summed E-state index contributed by atoms with van der Waals surface area (Å²) in [6.07, 6.45) is 0.318. The minimum absolute atomic E-state index is 0.0110. The number of nitrogens with one attached hydrogen (secondary N) is 2. The van der Waals surface area contributed by atoms with Gasteiger partial charge in [0.1, 0.15) is 23.0 Å². The molecule has 1 aliphatic rings. The van der Waals surface area contributed by atoms with Gasteiger partial charge in [0.05, 0.1) is 17.2 Å². The van der Waals surface area contributed by atoms with E-state index in [0.29, 0.717) is 12.5 Å². The number of benzene rings is 1. The van der Waals surface area contributed by atoms with Crippen molar-refractivity contribution in [1.82, 2.24) is 10.3 Å². The van der Waals surface area contributed by atoms with Crippen LogP contribution in [0, 0.1) is 11.6 Å². The summed E-state index contributed by atoms with van der Waals surface area (Å²) in [6, 6.07) is 6.30. The maximum Gasteiger partial charge on any atom is 0.274 e. The van der Waals surface area contributed by atoms with E-state index in [1.54, 1.807) is 0 Å². The zero-order valence-electron chi connectivity index (χ0n) is 13.9. The summed E-state index contributed by atoms with van der Waals surface area (Å²) in [4.78, 5) is 28.4. The predicted octanol–water partition coefficient (Wildman–Crippen LogP) is 1.53. The summed E-state index contributed by atoms with van der Waals surface area (Å²) in [5.74, 6) is -3.24. The molecule has 10 heteroatoms. The molecule has 0 aliphatic carbocycles. The van der Waals surface area contributed by atoms with E-state index in [2.05, 4.69) is 15.6 Å². The maximum atomic E-state index is 13.6. The van der Waals surface area contributed by atoms with Gasteiger partial charge in [0, 0.05) is 12.1 Å². The summed E-state index contributed by atoms with van der Waals surface area (Å²) in [5.41, 5.74) is -0.453. The topological polar surface area (TPSA) is 105 Å². The zero-order chi connectivity index (χ0) is 19.6. The summed E-state index contributed by atoms with van der Waals surface area (Å²) >= 11 is 0. The Balaban J connectivity index is 1.71. The van der Waals surface area contributed by atoms with E-state index in [1.807, 2.05) is 0 Å². The van der Waals surface area contributed by atoms with Crippen LogP contribution in [0.3, 0.4) is 0 Å². The van der Waals surface area contributed by atoms with Crippen LogP contribution in [0.2, 0.25) is 0 Å². The number of anilines is 1. The van der Waals surface area contributed by atoms with Crippen molar-refractivity contribution >= 4 is 27.3 Å². The molecule has 0 saturated carbocycles. The lowest BCUT2D eigenvalue weighted by Gasteiger charge is -2.11. The quantitative estimate of drug-likeness (QED) is 0.817. The molecule has 1 aromatic heterocycles. The first-order valence-electron chi connectivity index (χ1n) is 7.98. The molecule has 1 saturated heterocycles. The molecule has 1 aromatic carbocycles. The lowest BCUT2D eigenvalue weighted by Crippen LogP contribution is -2.36. The fourth-order valence-electron chi connectivity index (χ4n) is 2.63. The molecule has 2 aromatic rings. The van der Waals surface area contributed by atoms with E-state index in [9.17, 15) is 26.8 Å². The molecule has 1 atom stereocenters. The standard InChI is InChI=1S/C17H15F2N3O4S/c18-10-4-5-13(12(19)8-10)22-17(24)15-3-1-2-14(21-15)16(23)20-11-6-7-27(25,26)9-11/h1-5,8,11H,6-7,9H2,(H,20,23)(H,22,24). The van der Waals surface area contributed by atoms with Crippen molar-refractivity contribution in [3.8, 4) is 0 Å². The normalized spacial score (nSPS) is 18.1.